The fraction of sp³-hybridized carbons (Fsp3) is 0.200. The normalized spacial score (nSPS) is 9.29. The highest BCUT2D eigenvalue weighted by Gasteiger charge is 2.06. The molecule has 0 unspecified atom stereocenters. The van der Waals surface area contributed by atoms with Crippen molar-refractivity contribution < 1.29 is 14.3 Å². The molecule has 0 atom stereocenters. The molecule has 0 aromatic heterocycles. The molecule has 4 nitrogen and oxygen atoms in total. The van der Waals surface area contributed by atoms with E-state index in [4.69, 9.17) is 0 Å². The molecule has 0 heterocycles. The Morgan fingerprint density at radius 3 is 2.71 bits per heavy atom. The first kappa shape index (κ1) is 10.2. The maximum atomic E-state index is 11.1. The quantitative estimate of drug-likeness (QED) is 0.582. The van der Waals surface area contributed by atoms with Crippen LogP contribution in [0.1, 0.15) is 15.9 Å². The molecule has 0 fully saturated rings. The van der Waals surface area contributed by atoms with E-state index in [-0.39, 0.29) is 5.97 Å². The van der Waals surface area contributed by atoms with Gasteiger partial charge >= 0.3 is 5.97 Å². The number of rotatable bonds is 3. The highest BCUT2D eigenvalue weighted by molar-refractivity contribution is 5.90. The number of esters is 1. The van der Waals surface area contributed by atoms with E-state index in [0.717, 1.165) is 5.56 Å². The molecule has 4 heteroatoms. The molecule has 0 aliphatic rings. The van der Waals surface area contributed by atoms with Crippen molar-refractivity contribution in [1.82, 2.24) is 0 Å². The second-order valence-corrected chi connectivity index (χ2v) is 2.78. The lowest BCUT2D eigenvalue weighted by Gasteiger charge is -2.05. The molecule has 1 N–H and O–H groups in total. The third kappa shape index (κ3) is 2.10. The van der Waals surface area contributed by atoms with Gasteiger partial charge in [-0.25, -0.2) is 4.79 Å². The Morgan fingerprint density at radius 2 is 2.21 bits per heavy atom. The maximum Gasteiger partial charge on any atom is 0.337 e. The molecule has 14 heavy (non-hydrogen) atoms. The summed E-state index contributed by atoms with van der Waals surface area (Å²) in [6, 6.07) is 4.93. The van der Waals surface area contributed by atoms with E-state index >= 15 is 0 Å². The number of nitrogens with one attached hydrogen (secondary N) is 1. The zero-order valence-electron chi connectivity index (χ0n) is 8.03. The van der Waals surface area contributed by atoms with Crippen molar-refractivity contribution in [1.29, 1.82) is 0 Å². The molecule has 1 rings (SSSR count). The number of methoxy groups -OCH3 is 1. The van der Waals surface area contributed by atoms with Crippen molar-refractivity contribution in [2.75, 3.05) is 12.4 Å². The van der Waals surface area contributed by atoms with Gasteiger partial charge in [0.2, 0.25) is 6.41 Å². The van der Waals surface area contributed by atoms with Crippen molar-refractivity contribution in [3.8, 4) is 0 Å². The Morgan fingerprint density at radius 1 is 1.50 bits per heavy atom. The van der Waals surface area contributed by atoms with Gasteiger partial charge in [-0.05, 0) is 30.7 Å². The second-order valence-electron chi connectivity index (χ2n) is 2.78. The Bertz CT molecular complexity index is 360. The lowest BCUT2D eigenvalue weighted by Crippen LogP contribution is -2.03. The van der Waals surface area contributed by atoms with Gasteiger partial charge in [0.15, 0.2) is 0 Å². The standard InChI is InChI=1S/C10H11NO3/c1-7-5-8(10(13)14-2)3-4-9(7)11-6-12/h3-6H,1-2H3,(H,11,12). The molecule has 0 aliphatic heterocycles. The first-order valence-corrected chi connectivity index (χ1v) is 4.08. The van der Waals surface area contributed by atoms with Gasteiger partial charge in [-0.15, -0.1) is 0 Å². The monoisotopic (exact) mass is 193 g/mol. The molecule has 0 spiro atoms. The van der Waals surface area contributed by atoms with Crippen LogP contribution in [0.5, 0.6) is 0 Å². The van der Waals surface area contributed by atoms with E-state index < -0.39 is 0 Å². The fourth-order valence-corrected chi connectivity index (χ4v) is 1.13. The second kappa shape index (κ2) is 4.41. The summed E-state index contributed by atoms with van der Waals surface area (Å²) in [6.45, 7) is 1.80. The van der Waals surface area contributed by atoms with Crippen LogP contribution < -0.4 is 5.32 Å². The van der Waals surface area contributed by atoms with Gasteiger partial charge in [0.1, 0.15) is 0 Å². The predicted octanol–water partition coefficient (Wildman–Crippen LogP) is 1.35. The van der Waals surface area contributed by atoms with Gasteiger partial charge in [0.05, 0.1) is 12.7 Å². The van der Waals surface area contributed by atoms with Gasteiger partial charge in [-0.3, -0.25) is 4.79 Å². The molecule has 1 aromatic rings. The largest absolute Gasteiger partial charge is 0.465 e. The van der Waals surface area contributed by atoms with Gasteiger partial charge in [-0.2, -0.15) is 0 Å². The van der Waals surface area contributed by atoms with Crippen molar-refractivity contribution in [3.63, 3.8) is 0 Å². The number of hydrogen-bond acceptors (Lipinski definition) is 3. The van der Waals surface area contributed by atoms with Crippen LogP contribution in [0.3, 0.4) is 0 Å². The summed E-state index contributed by atoms with van der Waals surface area (Å²) in [5.74, 6) is -0.384. The molecule has 0 aliphatic carbocycles. The van der Waals surface area contributed by atoms with Gasteiger partial charge < -0.3 is 10.1 Å². The molecular formula is C10H11NO3. The number of benzene rings is 1. The summed E-state index contributed by atoms with van der Waals surface area (Å²) < 4.78 is 4.56. The lowest BCUT2D eigenvalue weighted by atomic mass is 10.1. The summed E-state index contributed by atoms with van der Waals surface area (Å²) in [7, 11) is 1.33. The summed E-state index contributed by atoms with van der Waals surface area (Å²) in [6.07, 6.45) is 0.597. The minimum atomic E-state index is -0.384. The van der Waals surface area contributed by atoms with Crippen molar-refractivity contribution in [3.05, 3.63) is 29.3 Å². The van der Waals surface area contributed by atoms with Crippen molar-refractivity contribution in [2.24, 2.45) is 0 Å². The molecule has 0 saturated heterocycles. The highest BCUT2D eigenvalue weighted by Crippen LogP contribution is 2.16. The number of ether oxygens (including phenoxy) is 1. The van der Waals surface area contributed by atoms with E-state index in [1.807, 2.05) is 0 Å². The summed E-state index contributed by atoms with van der Waals surface area (Å²) in [5, 5.41) is 2.53. The Balaban J connectivity index is 2.99. The van der Waals surface area contributed by atoms with Crippen LogP contribution in [-0.4, -0.2) is 19.5 Å². The third-order valence-electron chi connectivity index (χ3n) is 1.86. The van der Waals surface area contributed by atoms with E-state index in [2.05, 4.69) is 10.1 Å². The molecule has 0 bridgehead atoms. The molecule has 1 amide bonds. The molecule has 74 valence electrons. The lowest BCUT2D eigenvalue weighted by molar-refractivity contribution is -0.105. The van der Waals surface area contributed by atoms with Gasteiger partial charge in [-0.1, -0.05) is 0 Å². The van der Waals surface area contributed by atoms with Crippen LogP contribution >= 0.6 is 0 Å². The highest BCUT2D eigenvalue weighted by atomic mass is 16.5. The van der Waals surface area contributed by atoms with Gasteiger partial charge in [0, 0.05) is 5.69 Å². The number of carbonyl (C=O) groups is 2. The Labute approximate surface area is 81.9 Å². The number of carbonyl (C=O) groups excluding carboxylic acids is 2. The maximum absolute atomic E-state index is 11.1. The summed E-state index contributed by atoms with van der Waals surface area (Å²) in [5.41, 5.74) is 1.98. The Kier molecular flexibility index (Phi) is 3.23. The van der Waals surface area contributed by atoms with Crippen LogP contribution in [0.25, 0.3) is 0 Å². The average Bonchev–Trinajstić information content (AvgIpc) is 2.20. The topological polar surface area (TPSA) is 55.4 Å². The minimum Gasteiger partial charge on any atom is -0.465 e. The van der Waals surface area contributed by atoms with E-state index in [0.29, 0.717) is 17.7 Å². The van der Waals surface area contributed by atoms with E-state index in [9.17, 15) is 9.59 Å². The molecular weight excluding hydrogens is 182 g/mol. The number of anilines is 1. The smallest absolute Gasteiger partial charge is 0.337 e. The minimum absolute atomic E-state index is 0.384. The average molecular weight is 193 g/mol. The third-order valence-corrected chi connectivity index (χ3v) is 1.86. The van der Waals surface area contributed by atoms with E-state index in [1.165, 1.54) is 7.11 Å². The van der Waals surface area contributed by atoms with Crippen LogP contribution in [-0.2, 0) is 9.53 Å². The summed E-state index contributed by atoms with van der Waals surface area (Å²) >= 11 is 0. The SMILES string of the molecule is COC(=O)c1ccc(NC=O)c(C)c1. The first-order valence-electron chi connectivity index (χ1n) is 4.08. The number of amides is 1. The number of aryl methyl sites for hydroxylation is 1. The summed E-state index contributed by atoms with van der Waals surface area (Å²) in [4.78, 5) is 21.3. The molecule has 0 radical (unpaired) electrons. The Hall–Kier alpha value is -1.84. The first-order chi connectivity index (χ1) is 6.69. The van der Waals surface area contributed by atoms with E-state index in [1.54, 1.807) is 25.1 Å². The zero-order valence-corrected chi connectivity index (χ0v) is 8.03. The zero-order chi connectivity index (χ0) is 10.6. The number of hydrogen-bond donors (Lipinski definition) is 1. The van der Waals surface area contributed by atoms with Crippen molar-refractivity contribution >= 4 is 18.1 Å². The molecule has 0 saturated carbocycles. The van der Waals surface area contributed by atoms with Crippen LogP contribution in [0.4, 0.5) is 5.69 Å². The predicted molar refractivity (Wildman–Crippen MR) is 52.2 cm³/mol. The van der Waals surface area contributed by atoms with Crippen LogP contribution in [0.2, 0.25) is 0 Å². The fourth-order valence-electron chi connectivity index (χ4n) is 1.13. The van der Waals surface area contributed by atoms with Gasteiger partial charge in [0.25, 0.3) is 0 Å². The van der Waals surface area contributed by atoms with Crippen molar-refractivity contribution in [2.45, 2.75) is 6.92 Å². The molecule has 1 aromatic carbocycles. The van der Waals surface area contributed by atoms with Crippen LogP contribution in [0.15, 0.2) is 18.2 Å². The van der Waals surface area contributed by atoms with Crippen LogP contribution in [0, 0.1) is 6.92 Å².